The van der Waals surface area contributed by atoms with Crippen molar-refractivity contribution in [3.05, 3.63) is 5.82 Å². The second-order valence-electron chi connectivity index (χ2n) is 5.51. The number of ether oxygens (including phenoxy) is 1. The normalized spacial score (nSPS) is 24.9. The molecule has 0 aromatic carbocycles. The summed E-state index contributed by atoms with van der Waals surface area (Å²) < 4.78 is 10.6. The minimum atomic E-state index is 0.196. The molecule has 1 atom stereocenters. The van der Waals surface area contributed by atoms with Crippen LogP contribution in [0.25, 0.3) is 0 Å². The van der Waals surface area contributed by atoms with Crippen molar-refractivity contribution < 1.29 is 9.26 Å². The van der Waals surface area contributed by atoms with Crippen LogP contribution in [0.5, 0.6) is 0 Å². The fourth-order valence-electron chi connectivity index (χ4n) is 2.24. The molecule has 1 aliphatic heterocycles. The van der Waals surface area contributed by atoms with Crippen LogP contribution in [-0.4, -0.2) is 36.9 Å². The van der Waals surface area contributed by atoms with Crippen molar-refractivity contribution in [1.82, 2.24) is 10.1 Å². The number of rotatable bonds is 4. The Bertz CT molecular complexity index is 378. The van der Waals surface area contributed by atoms with Crippen molar-refractivity contribution in [3.8, 4) is 0 Å². The number of hydrogen-bond donors (Lipinski definition) is 0. The van der Waals surface area contributed by atoms with E-state index in [0.29, 0.717) is 11.9 Å². The molecule has 17 heavy (non-hydrogen) atoms. The van der Waals surface area contributed by atoms with Crippen LogP contribution in [0.4, 0.5) is 6.01 Å². The van der Waals surface area contributed by atoms with Gasteiger partial charge in [0.15, 0.2) is 5.82 Å². The zero-order valence-electron chi connectivity index (χ0n) is 11.1. The average Bonchev–Trinajstić information content (AvgIpc) is 2.84. The fraction of sp³-hybridized carbons (Fsp3) is 0.833. The maximum absolute atomic E-state index is 5.31. The second-order valence-corrected chi connectivity index (χ2v) is 5.51. The van der Waals surface area contributed by atoms with Gasteiger partial charge in [-0.2, -0.15) is 4.98 Å². The molecule has 0 spiro atoms. The first-order valence-corrected chi connectivity index (χ1v) is 6.11. The first kappa shape index (κ1) is 12.4. The zero-order chi connectivity index (χ0) is 12.5. The summed E-state index contributed by atoms with van der Waals surface area (Å²) in [7, 11) is 1.75. The second kappa shape index (κ2) is 4.64. The molecular formula is C12H21N3O2. The Morgan fingerprint density at radius 3 is 2.88 bits per heavy atom. The predicted molar refractivity (Wildman–Crippen MR) is 65.2 cm³/mol. The molecule has 2 rings (SSSR count). The molecular weight excluding hydrogens is 218 g/mol. The van der Waals surface area contributed by atoms with E-state index in [-0.39, 0.29) is 5.41 Å². The van der Waals surface area contributed by atoms with Gasteiger partial charge in [-0.3, -0.25) is 0 Å². The SMILES string of the molecule is COCC1(C)CCN(c2nc(C(C)C)no2)C1. The smallest absolute Gasteiger partial charge is 0.324 e. The summed E-state index contributed by atoms with van der Waals surface area (Å²) in [5.41, 5.74) is 0.196. The summed E-state index contributed by atoms with van der Waals surface area (Å²) in [6.45, 7) is 9.01. The monoisotopic (exact) mass is 239 g/mol. The highest BCUT2D eigenvalue weighted by Gasteiger charge is 2.36. The summed E-state index contributed by atoms with van der Waals surface area (Å²) in [5.74, 6) is 1.08. The Labute approximate surface area is 102 Å². The summed E-state index contributed by atoms with van der Waals surface area (Å²) in [4.78, 5) is 6.58. The van der Waals surface area contributed by atoms with Crippen LogP contribution in [0.2, 0.25) is 0 Å². The predicted octanol–water partition coefficient (Wildman–Crippen LogP) is 2.06. The van der Waals surface area contributed by atoms with Crippen LogP contribution in [0, 0.1) is 5.41 Å². The van der Waals surface area contributed by atoms with E-state index in [4.69, 9.17) is 9.26 Å². The average molecular weight is 239 g/mol. The van der Waals surface area contributed by atoms with Crippen LogP contribution in [0.3, 0.4) is 0 Å². The highest BCUT2D eigenvalue weighted by Crippen LogP contribution is 2.32. The zero-order valence-corrected chi connectivity index (χ0v) is 11.1. The van der Waals surface area contributed by atoms with E-state index in [0.717, 1.165) is 31.9 Å². The van der Waals surface area contributed by atoms with Crippen LogP contribution in [-0.2, 0) is 4.74 Å². The van der Waals surface area contributed by atoms with Crippen molar-refractivity contribution in [3.63, 3.8) is 0 Å². The van der Waals surface area contributed by atoms with Gasteiger partial charge in [0.25, 0.3) is 0 Å². The van der Waals surface area contributed by atoms with Crippen molar-refractivity contribution in [2.24, 2.45) is 5.41 Å². The molecule has 1 saturated heterocycles. The number of nitrogens with zero attached hydrogens (tertiary/aromatic N) is 3. The van der Waals surface area contributed by atoms with Crippen molar-refractivity contribution >= 4 is 6.01 Å². The molecule has 96 valence electrons. The molecule has 0 amide bonds. The van der Waals surface area contributed by atoms with E-state index >= 15 is 0 Å². The molecule has 0 N–H and O–H groups in total. The van der Waals surface area contributed by atoms with Crippen LogP contribution < -0.4 is 4.90 Å². The minimum absolute atomic E-state index is 0.196. The maximum atomic E-state index is 5.31. The van der Waals surface area contributed by atoms with E-state index in [9.17, 15) is 0 Å². The molecule has 1 aliphatic rings. The highest BCUT2D eigenvalue weighted by atomic mass is 16.5. The van der Waals surface area contributed by atoms with Gasteiger partial charge in [0.1, 0.15) is 0 Å². The topological polar surface area (TPSA) is 51.4 Å². The summed E-state index contributed by atoms with van der Waals surface area (Å²) in [5, 5.41) is 3.99. The molecule has 0 radical (unpaired) electrons. The van der Waals surface area contributed by atoms with Crippen LogP contribution in [0.15, 0.2) is 4.52 Å². The van der Waals surface area contributed by atoms with E-state index in [1.165, 1.54) is 0 Å². The molecule has 1 unspecified atom stereocenters. The summed E-state index contributed by atoms with van der Waals surface area (Å²) in [6, 6.07) is 0.647. The quantitative estimate of drug-likeness (QED) is 0.805. The highest BCUT2D eigenvalue weighted by molar-refractivity contribution is 5.28. The Balaban J connectivity index is 2.04. The molecule has 5 heteroatoms. The van der Waals surface area contributed by atoms with Gasteiger partial charge in [0.05, 0.1) is 6.61 Å². The number of hydrogen-bond acceptors (Lipinski definition) is 5. The van der Waals surface area contributed by atoms with Gasteiger partial charge >= 0.3 is 6.01 Å². The van der Waals surface area contributed by atoms with E-state index in [1.807, 2.05) is 0 Å². The van der Waals surface area contributed by atoms with Gasteiger partial charge in [-0.15, -0.1) is 0 Å². The Morgan fingerprint density at radius 2 is 2.29 bits per heavy atom. The van der Waals surface area contributed by atoms with E-state index in [1.54, 1.807) is 7.11 Å². The number of methoxy groups -OCH3 is 1. The van der Waals surface area contributed by atoms with Gasteiger partial charge in [0, 0.05) is 31.5 Å². The third-order valence-corrected chi connectivity index (χ3v) is 3.27. The first-order chi connectivity index (χ1) is 8.04. The summed E-state index contributed by atoms with van der Waals surface area (Å²) in [6.07, 6.45) is 1.10. The Hall–Kier alpha value is -1.10. The minimum Gasteiger partial charge on any atom is -0.384 e. The lowest BCUT2D eigenvalue weighted by Gasteiger charge is -2.22. The number of anilines is 1. The fourth-order valence-corrected chi connectivity index (χ4v) is 2.24. The van der Waals surface area contributed by atoms with E-state index in [2.05, 4.69) is 35.8 Å². The summed E-state index contributed by atoms with van der Waals surface area (Å²) >= 11 is 0. The molecule has 0 aliphatic carbocycles. The molecule has 0 saturated carbocycles. The van der Waals surface area contributed by atoms with Crippen molar-refractivity contribution in [1.29, 1.82) is 0 Å². The standard InChI is InChI=1S/C12H21N3O2/c1-9(2)10-13-11(17-14-10)15-6-5-12(3,7-15)8-16-4/h9H,5-8H2,1-4H3. The van der Waals surface area contributed by atoms with E-state index < -0.39 is 0 Å². The molecule has 1 aromatic rings. The molecule has 1 aromatic heterocycles. The Kier molecular flexibility index (Phi) is 3.38. The van der Waals surface area contributed by atoms with Gasteiger partial charge in [0.2, 0.25) is 0 Å². The van der Waals surface area contributed by atoms with Crippen molar-refractivity contribution in [2.45, 2.75) is 33.1 Å². The van der Waals surface area contributed by atoms with Gasteiger partial charge < -0.3 is 14.2 Å². The maximum Gasteiger partial charge on any atom is 0.324 e. The lowest BCUT2D eigenvalue weighted by atomic mass is 9.91. The third-order valence-electron chi connectivity index (χ3n) is 3.27. The third kappa shape index (κ3) is 2.60. The van der Waals surface area contributed by atoms with Crippen LogP contribution >= 0.6 is 0 Å². The molecule has 0 bridgehead atoms. The lowest BCUT2D eigenvalue weighted by molar-refractivity contribution is 0.106. The first-order valence-electron chi connectivity index (χ1n) is 6.11. The van der Waals surface area contributed by atoms with Crippen molar-refractivity contribution in [2.75, 3.05) is 31.7 Å². The van der Waals surface area contributed by atoms with Gasteiger partial charge in [-0.1, -0.05) is 25.9 Å². The number of aromatic nitrogens is 2. The Morgan fingerprint density at radius 1 is 1.53 bits per heavy atom. The van der Waals surface area contributed by atoms with Gasteiger partial charge in [-0.05, 0) is 6.42 Å². The molecule has 1 fully saturated rings. The largest absolute Gasteiger partial charge is 0.384 e. The van der Waals surface area contributed by atoms with Crippen LogP contribution in [0.1, 0.15) is 38.9 Å². The van der Waals surface area contributed by atoms with Gasteiger partial charge in [-0.25, -0.2) is 0 Å². The molecule has 5 nitrogen and oxygen atoms in total. The molecule has 2 heterocycles. The lowest BCUT2D eigenvalue weighted by Crippen LogP contribution is -2.28.